The third-order valence-corrected chi connectivity index (χ3v) is 7.00. The van der Waals surface area contributed by atoms with E-state index in [-0.39, 0.29) is 23.5 Å². The monoisotopic (exact) mass is 439 g/mol. The van der Waals surface area contributed by atoms with Crippen LogP contribution in [0.25, 0.3) is 11.4 Å². The predicted molar refractivity (Wildman–Crippen MR) is 128 cm³/mol. The van der Waals surface area contributed by atoms with Crippen molar-refractivity contribution in [2.24, 2.45) is 11.3 Å². The van der Waals surface area contributed by atoms with Crippen LogP contribution >= 0.6 is 0 Å². The molecule has 6 nitrogen and oxygen atoms in total. The molecule has 0 saturated heterocycles. The topological polar surface area (TPSA) is 68.4 Å². The molecule has 1 aromatic carbocycles. The van der Waals surface area contributed by atoms with Crippen molar-refractivity contribution in [1.29, 1.82) is 0 Å². The number of nitrogens with one attached hydrogen (secondary N) is 2. The number of hydrogen-bond donors (Lipinski definition) is 2. The Labute approximate surface area is 192 Å². The van der Waals surface area contributed by atoms with Gasteiger partial charge < -0.3 is 14.8 Å². The molecule has 1 aliphatic heterocycles. The molecule has 3 unspecified atom stereocenters. The molecule has 0 spiro atoms. The smallest absolute Gasteiger partial charge is 0.223 e. The first kappa shape index (κ1) is 24.2. The first-order chi connectivity index (χ1) is 15.2. The molecular weight excluding hydrogens is 400 g/mol. The van der Waals surface area contributed by atoms with Crippen LogP contribution in [0, 0.1) is 11.3 Å². The highest BCUT2D eigenvalue weighted by Gasteiger charge is 2.36. The highest BCUT2D eigenvalue weighted by atomic mass is 16.2. The molecule has 0 saturated carbocycles. The van der Waals surface area contributed by atoms with Crippen LogP contribution < -0.4 is 10.2 Å². The van der Waals surface area contributed by atoms with Gasteiger partial charge in [-0.1, -0.05) is 51.1 Å². The van der Waals surface area contributed by atoms with E-state index in [0.29, 0.717) is 11.7 Å². The van der Waals surface area contributed by atoms with Gasteiger partial charge in [-0.3, -0.25) is 9.59 Å². The van der Waals surface area contributed by atoms with Crippen molar-refractivity contribution in [2.45, 2.75) is 66.0 Å². The molecule has 0 radical (unpaired) electrons. The number of carbonyl (C=O) groups excluding carboxylic acids is 2. The zero-order valence-electron chi connectivity index (χ0n) is 20.5. The minimum atomic E-state index is -0.400. The zero-order valence-corrected chi connectivity index (χ0v) is 20.5. The van der Waals surface area contributed by atoms with Gasteiger partial charge in [-0.2, -0.15) is 0 Å². The van der Waals surface area contributed by atoms with Crippen molar-refractivity contribution >= 4 is 11.7 Å². The highest BCUT2D eigenvalue weighted by molar-refractivity contribution is 5.99. The molecule has 2 heterocycles. The van der Waals surface area contributed by atoms with Crippen LogP contribution in [-0.4, -0.2) is 47.9 Å². The molecule has 0 bridgehead atoms. The average molecular weight is 440 g/mol. The number of hydrogen-bond acceptors (Lipinski definition) is 3. The van der Waals surface area contributed by atoms with Crippen LogP contribution in [0.15, 0.2) is 30.3 Å². The van der Waals surface area contributed by atoms with Crippen LogP contribution in [0.3, 0.4) is 0 Å². The lowest BCUT2D eigenvalue weighted by Crippen LogP contribution is -3.13. The van der Waals surface area contributed by atoms with Gasteiger partial charge in [-0.15, -0.1) is 0 Å². The van der Waals surface area contributed by atoms with Crippen LogP contribution in [0.2, 0.25) is 0 Å². The summed E-state index contributed by atoms with van der Waals surface area (Å²) in [5.74, 6) is 0.343. The van der Waals surface area contributed by atoms with Crippen molar-refractivity contribution in [1.82, 2.24) is 14.9 Å². The number of rotatable bonds is 7. The summed E-state index contributed by atoms with van der Waals surface area (Å²) in [5.41, 5.74) is 2.30. The van der Waals surface area contributed by atoms with E-state index < -0.39 is 5.92 Å². The average Bonchev–Trinajstić information content (AvgIpc) is 2.99. The van der Waals surface area contributed by atoms with Crippen LogP contribution in [0.4, 0.5) is 0 Å². The lowest BCUT2D eigenvalue weighted by Gasteiger charge is -2.28. The molecule has 1 amide bonds. The summed E-state index contributed by atoms with van der Waals surface area (Å²) in [6, 6.07) is 10.6. The maximum absolute atomic E-state index is 13.6. The molecule has 3 atom stereocenters. The van der Waals surface area contributed by atoms with Crippen LogP contribution in [0.1, 0.15) is 63.1 Å². The van der Waals surface area contributed by atoms with Gasteiger partial charge in [0.1, 0.15) is 11.5 Å². The molecule has 0 fully saturated rings. The van der Waals surface area contributed by atoms with Gasteiger partial charge in [0, 0.05) is 38.4 Å². The summed E-state index contributed by atoms with van der Waals surface area (Å²) in [7, 11) is 3.87. The number of quaternary nitrogens is 1. The second-order valence-corrected chi connectivity index (χ2v) is 10.2. The number of aromatic nitrogens is 2. The molecule has 1 aliphatic rings. The van der Waals surface area contributed by atoms with E-state index in [9.17, 15) is 9.59 Å². The van der Waals surface area contributed by atoms with Gasteiger partial charge in [0.15, 0.2) is 5.78 Å². The summed E-state index contributed by atoms with van der Waals surface area (Å²) in [5, 5.41) is 2.74. The highest BCUT2D eigenvalue weighted by Crippen LogP contribution is 2.32. The summed E-state index contributed by atoms with van der Waals surface area (Å²) in [6.45, 7) is 10.2. The van der Waals surface area contributed by atoms with Gasteiger partial charge in [0.25, 0.3) is 0 Å². The van der Waals surface area contributed by atoms with E-state index >= 15 is 0 Å². The molecule has 0 aliphatic carbocycles. The Hall–Kier alpha value is -2.47. The van der Waals surface area contributed by atoms with E-state index in [1.807, 2.05) is 39.0 Å². The summed E-state index contributed by atoms with van der Waals surface area (Å²) in [6.07, 6.45) is 3.21. The fourth-order valence-electron chi connectivity index (χ4n) is 4.75. The maximum Gasteiger partial charge on any atom is 0.223 e. The number of Topliss-reactive ketones (excluding diaryl/α,β-unsaturated/α-hetero) is 1. The number of fused-ring (bicyclic) bond motifs is 1. The van der Waals surface area contributed by atoms with Crippen molar-refractivity contribution in [3.8, 4) is 11.4 Å². The number of imidazole rings is 1. The summed E-state index contributed by atoms with van der Waals surface area (Å²) in [4.78, 5) is 32.6. The van der Waals surface area contributed by atoms with E-state index in [1.165, 1.54) is 4.90 Å². The Balaban J connectivity index is 2.06. The van der Waals surface area contributed by atoms with Gasteiger partial charge in [0.05, 0.1) is 31.2 Å². The van der Waals surface area contributed by atoms with Crippen molar-refractivity contribution < 1.29 is 14.5 Å². The molecule has 2 aromatic rings. The normalized spacial score (nSPS) is 18.4. The number of amides is 1. The number of carbonyl (C=O) groups is 2. The first-order valence-corrected chi connectivity index (χ1v) is 11.9. The summed E-state index contributed by atoms with van der Waals surface area (Å²) < 4.78 is 2.26. The minimum Gasteiger partial charge on any atom is -0.359 e. The standard InChI is InChI=1S/C26H38N4O2/c1-7-29(6)19-14-11-15-30-21(16-19)23(28-24(30)18-12-9-8-10-13-18)22(31)17-20(25(32)27-5)26(2,3)4/h8-10,12-13,19-20H,7,11,14-17H2,1-6H3,(H,27,32)/p+1. The van der Waals surface area contributed by atoms with Crippen molar-refractivity contribution in [3.63, 3.8) is 0 Å². The van der Waals surface area contributed by atoms with E-state index in [4.69, 9.17) is 4.98 Å². The Morgan fingerprint density at radius 3 is 2.53 bits per heavy atom. The van der Waals surface area contributed by atoms with E-state index in [0.717, 1.165) is 49.4 Å². The number of likely N-dealkylation sites (N-methyl/N-ethyl adjacent to an activating group) is 1. The fourth-order valence-corrected chi connectivity index (χ4v) is 4.75. The third-order valence-electron chi connectivity index (χ3n) is 7.00. The Kier molecular flexibility index (Phi) is 7.55. The minimum absolute atomic E-state index is 0.0331. The van der Waals surface area contributed by atoms with Crippen LogP contribution in [-0.2, 0) is 17.8 Å². The molecular formula is C26H39N4O2+. The number of ketones is 1. The zero-order chi connectivity index (χ0) is 23.5. The molecule has 2 N–H and O–H groups in total. The molecule has 6 heteroatoms. The Morgan fingerprint density at radius 2 is 1.94 bits per heavy atom. The van der Waals surface area contributed by atoms with Gasteiger partial charge in [-0.25, -0.2) is 4.98 Å². The first-order valence-electron chi connectivity index (χ1n) is 11.9. The fraction of sp³-hybridized carbons (Fsp3) is 0.577. The van der Waals surface area contributed by atoms with Gasteiger partial charge in [-0.05, 0) is 18.8 Å². The second-order valence-electron chi connectivity index (χ2n) is 10.2. The van der Waals surface area contributed by atoms with Crippen molar-refractivity contribution in [3.05, 3.63) is 41.7 Å². The SMILES string of the molecule is CC[NH+](C)C1CCCn2c(-c3ccccc3)nc(C(=O)CC(C(=O)NC)C(C)(C)C)c2C1. The van der Waals surface area contributed by atoms with Gasteiger partial charge in [0.2, 0.25) is 5.91 Å². The second kappa shape index (κ2) is 9.99. The Bertz CT molecular complexity index is 943. The number of benzene rings is 1. The molecule has 32 heavy (non-hydrogen) atoms. The third kappa shape index (κ3) is 5.12. The lowest BCUT2D eigenvalue weighted by molar-refractivity contribution is -0.904. The van der Waals surface area contributed by atoms with E-state index in [2.05, 4.69) is 36.0 Å². The number of nitrogens with zero attached hydrogens (tertiary/aromatic N) is 2. The molecule has 3 rings (SSSR count). The van der Waals surface area contributed by atoms with Crippen molar-refractivity contribution in [2.75, 3.05) is 20.6 Å². The predicted octanol–water partition coefficient (Wildman–Crippen LogP) is 2.77. The summed E-state index contributed by atoms with van der Waals surface area (Å²) >= 11 is 0. The molecule has 174 valence electrons. The Morgan fingerprint density at radius 1 is 1.25 bits per heavy atom. The largest absolute Gasteiger partial charge is 0.359 e. The van der Waals surface area contributed by atoms with Gasteiger partial charge >= 0.3 is 0 Å². The van der Waals surface area contributed by atoms with E-state index in [1.54, 1.807) is 7.05 Å². The maximum atomic E-state index is 13.6. The quantitative estimate of drug-likeness (QED) is 0.652. The van der Waals surface area contributed by atoms with Crippen LogP contribution in [0.5, 0.6) is 0 Å². The lowest BCUT2D eigenvalue weighted by atomic mass is 9.77. The molecule has 1 aromatic heterocycles.